The first kappa shape index (κ1) is 21.3. The number of ether oxygens (including phenoxy) is 1. The van der Waals surface area contributed by atoms with Crippen molar-refractivity contribution in [2.45, 2.75) is 38.8 Å². The van der Waals surface area contributed by atoms with E-state index in [1.165, 1.54) is 18.2 Å². The summed E-state index contributed by atoms with van der Waals surface area (Å²) in [5.74, 6) is -1.29. The molecule has 0 saturated heterocycles. The molecule has 2 unspecified atom stereocenters. The minimum absolute atomic E-state index is 0. The molecule has 0 radical (unpaired) electrons. The van der Waals surface area contributed by atoms with Crippen LogP contribution < -0.4 is 16.4 Å². The van der Waals surface area contributed by atoms with Gasteiger partial charge in [0.05, 0.1) is 12.6 Å². The highest BCUT2D eigenvalue weighted by Gasteiger charge is 2.62. The fourth-order valence-corrected chi connectivity index (χ4v) is 2.91. The van der Waals surface area contributed by atoms with Crippen LogP contribution in [0.4, 0.5) is 10.1 Å². The van der Waals surface area contributed by atoms with Gasteiger partial charge in [-0.1, -0.05) is 19.9 Å². The summed E-state index contributed by atoms with van der Waals surface area (Å²) in [4.78, 5) is 24.3. The van der Waals surface area contributed by atoms with Gasteiger partial charge in [-0.15, -0.1) is 12.4 Å². The van der Waals surface area contributed by atoms with Crippen LogP contribution in [0.2, 0.25) is 0 Å². The van der Waals surface area contributed by atoms with Gasteiger partial charge in [-0.25, -0.2) is 4.39 Å². The summed E-state index contributed by atoms with van der Waals surface area (Å²) in [5, 5.41) is 5.07. The van der Waals surface area contributed by atoms with Crippen molar-refractivity contribution >= 4 is 29.9 Å². The second-order valence-corrected chi connectivity index (χ2v) is 6.58. The molecule has 1 aliphatic carbocycles. The number of benzene rings is 1. The molecular weight excluding hydrogens is 349 g/mol. The third-order valence-electron chi connectivity index (χ3n) is 4.75. The van der Waals surface area contributed by atoms with Gasteiger partial charge in [0, 0.05) is 24.1 Å². The monoisotopic (exact) mass is 373 g/mol. The molecule has 4 N–H and O–H groups in total. The maximum atomic E-state index is 13.1. The highest BCUT2D eigenvalue weighted by atomic mass is 35.5. The normalized spacial score (nSPS) is 23.8. The van der Waals surface area contributed by atoms with E-state index in [2.05, 4.69) is 10.6 Å². The number of halogens is 2. The van der Waals surface area contributed by atoms with Crippen LogP contribution in [0.1, 0.15) is 27.2 Å². The lowest BCUT2D eigenvalue weighted by atomic mass is 9.54. The zero-order valence-corrected chi connectivity index (χ0v) is 15.4. The molecule has 8 heteroatoms. The van der Waals surface area contributed by atoms with Crippen LogP contribution in [0.3, 0.4) is 0 Å². The fourth-order valence-electron chi connectivity index (χ4n) is 2.91. The largest absolute Gasteiger partial charge is 0.378 e. The van der Waals surface area contributed by atoms with Gasteiger partial charge in [0.2, 0.25) is 11.8 Å². The Hall–Kier alpha value is -1.70. The lowest BCUT2D eigenvalue weighted by Crippen LogP contribution is -2.76. The SMILES string of the molecule is CCOC1CC(N)(C(=O)NCC(=O)Nc2cccc(F)c2)C1(C)C.Cl. The number of rotatable bonds is 6. The molecule has 0 bridgehead atoms. The zero-order valence-electron chi connectivity index (χ0n) is 14.6. The summed E-state index contributed by atoms with van der Waals surface area (Å²) in [6, 6.07) is 5.53. The number of hydrogen-bond donors (Lipinski definition) is 3. The first-order valence-corrected chi connectivity index (χ1v) is 7.95. The standard InChI is InChI=1S/C17H24FN3O3.ClH/c1-4-24-13-9-17(19,16(13,2)3)15(23)20-10-14(22)21-12-7-5-6-11(18)8-12;/h5-8,13H,4,9-10,19H2,1-3H3,(H,20,23)(H,21,22);1H. The molecule has 0 heterocycles. The molecule has 1 aliphatic rings. The van der Waals surface area contributed by atoms with Crippen LogP contribution in [0.25, 0.3) is 0 Å². The van der Waals surface area contributed by atoms with E-state index in [0.717, 1.165) is 0 Å². The maximum Gasteiger partial charge on any atom is 0.243 e. The molecule has 140 valence electrons. The summed E-state index contributed by atoms with van der Waals surface area (Å²) < 4.78 is 18.7. The predicted molar refractivity (Wildman–Crippen MR) is 96.0 cm³/mol. The van der Waals surface area contributed by atoms with E-state index in [0.29, 0.717) is 18.7 Å². The van der Waals surface area contributed by atoms with E-state index < -0.39 is 28.6 Å². The van der Waals surface area contributed by atoms with E-state index in [4.69, 9.17) is 10.5 Å². The number of hydrogen-bond acceptors (Lipinski definition) is 4. The smallest absolute Gasteiger partial charge is 0.243 e. The summed E-state index contributed by atoms with van der Waals surface area (Å²) in [5.41, 5.74) is 4.96. The first-order valence-electron chi connectivity index (χ1n) is 7.95. The van der Waals surface area contributed by atoms with Crippen molar-refractivity contribution in [3.63, 3.8) is 0 Å². The van der Waals surface area contributed by atoms with E-state index in [-0.39, 0.29) is 25.1 Å². The van der Waals surface area contributed by atoms with E-state index in [1.807, 2.05) is 20.8 Å². The van der Waals surface area contributed by atoms with Crippen LogP contribution in [0.5, 0.6) is 0 Å². The average molecular weight is 374 g/mol. The second-order valence-electron chi connectivity index (χ2n) is 6.58. The number of anilines is 1. The predicted octanol–water partition coefficient (Wildman–Crippen LogP) is 1.83. The molecule has 0 spiro atoms. The van der Waals surface area contributed by atoms with E-state index in [9.17, 15) is 14.0 Å². The molecule has 0 aromatic heterocycles. The van der Waals surface area contributed by atoms with Gasteiger partial charge < -0.3 is 21.1 Å². The molecular formula is C17H25ClFN3O3. The van der Waals surface area contributed by atoms with Crippen molar-refractivity contribution in [3.8, 4) is 0 Å². The lowest BCUT2D eigenvalue weighted by Gasteiger charge is -2.57. The molecule has 25 heavy (non-hydrogen) atoms. The molecule has 1 aromatic carbocycles. The van der Waals surface area contributed by atoms with Crippen LogP contribution in [0.15, 0.2) is 24.3 Å². The number of carbonyl (C=O) groups is 2. The van der Waals surface area contributed by atoms with Crippen molar-refractivity contribution in [2.24, 2.45) is 11.1 Å². The van der Waals surface area contributed by atoms with Gasteiger partial charge >= 0.3 is 0 Å². The minimum atomic E-state index is -1.08. The summed E-state index contributed by atoms with van der Waals surface area (Å²) >= 11 is 0. The van der Waals surface area contributed by atoms with Crippen LogP contribution >= 0.6 is 12.4 Å². The topological polar surface area (TPSA) is 93.4 Å². The minimum Gasteiger partial charge on any atom is -0.378 e. The molecule has 2 rings (SSSR count). The Balaban J connectivity index is 0.00000312. The van der Waals surface area contributed by atoms with Gasteiger partial charge in [0.15, 0.2) is 0 Å². The van der Waals surface area contributed by atoms with Crippen molar-refractivity contribution in [1.82, 2.24) is 5.32 Å². The molecule has 1 saturated carbocycles. The third kappa shape index (κ3) is 4.29. The number of nitrogens with one attached hydrogen (secondary N) is 2. The molecule has 1 aromatic rings. The average Bonchev–Trinajstić information content (AvgIpc) is 2.52. The Morgan fingerprint density at radius 3 is 2.64 bits per heavy atom. The summed E-state index contributed by atoms with van der Waals surface area (Å²) in [7, 11) is 0. The quantitative estimate of drug-likeness (QED) is 0.709. The highest BCUT2D eigenvalue weighted by Crippen LogP contribution is 2.49. The van der Waals surface area contributed by atoms with Crippen molar-refractivity contribution in [2.75, 3.05) is 18.5 Å². The molecule has 2 atom stereocenters. The van der Waals surface area contributed by atoms with Gasteiger partial charge in [0.1, 0.15) is 11.4 Å². The van der Waals surface area contributed by atoms with Gasteiger partial charge in [-0.3, -0.25) is 9.59 Å². The van der Waals surface area contributed by atoms with Crippen LogP contribution in [0, 0.1) is 11.2 Å². The first-order chi connectivity index (χ1) is 11.2. The van der Waals surface area contributed by atoms with Crippen LogP contribution in [-0.4, -0.2) is 36.6 Å². The lowest BCUT2D eigenvalue weighted by molar-refractivity contribution is -0.170. The second kappa shape index (κ2) is 8.12. The molecule has 0 aliphatic heterocycles. The Morgan fingerprint density at radius 2 is 2.08 bits per heavy atom. The Labute approximate surface area is 153 Å². The summed E-state index contributed by atoms with van der Waals surface area (Å²) in [6.45, 7) is 5.97. The number of carbonyl (C=O) groups excluding carboxylic acids is 2. The third-order valence-corrected chi connectivity index (χ3v) is 4.75. The Kier molecular flexibility index (Phi) is 6.93. The molecule has 6 nitrogen and oxygen atoms in total. The fraction of sp³-hybridized carbons (Fsp3) is 0.529. The van der Waals surface area contributed by atoms with E-state index >= 15 is 0 Å². The Morgan fingerprint density at radius 1 is 1.40 bits per heavy atom. The summed E-state index contributed by atoms with van der Waals surface area (Å²) in [6.07, 6.45) is 0.324. The van der Waals surface area contributed by atoms with Gasteiger partial charge in [-0.05, 0) is 25.1 Å². The van der Waals surface area contributed by atoms with Crippen molar-refractivity contribution < 1.29 is 18.7 Å². The zero-order chi connectivity index (χ0) is 18.0. The van der Waals surface area contributed by atoms with Gasteiger partial charge in [0.25, 0.3) is 0 Å². The van der Waals surface area contributed by atoms with Crippen molar-refractivity contribution in [3.05, 3.63) is 30.1 Å². The molecule has 1 fully saturated rings. The Bertz CT molecular complexity index is 641. The number of amides is 2. The van der Waals surface area contributed by atoms with E-state index in [1.54, 1.807) is 6.07 Å². The molecule has 2 amide bonds. The van der Waals surface area contributed by atoms with Crippen LogP contribution in [-0.2, 0) is 14.3 Å². The number of nitrogens with two attached hydrogens (primary N) is 1. The maximum absolute atomic E-state index is 13.1. The van der Waals surface area contributed by atoms with Gasteiger partial charge in [-0.2, -0.15) is 0 Å². The highest BCUT2D eigenvalue weighted by molar-refractivity contribution is 5.96. The van der Waals surface area contributed by atoms with Crippen molar-refractivity contribution in [1.29, 1.82) is 0 Å².